The predicted octanol–water partition coefficient (Wildman–Crippen LogP) is 4.12. The molecule has 2 heterocycles. The first-order valence-corrected chi connectivity index (χ1v) is 9.60. The molecule has 6 heteroatoms. The Labute approximate surface area is 165 Å². The van der Waals surface area contributed by atoms with Crippen molar-refractivity contribution in [1.29, 1.82) is 0 Å². The van der Waals surface area contributed by atoms with Crippen LogP contribution in [0, 0.1) is 11.7 Å². The fourth-order valence-electron chi connectivity index (χ4n) is 3.47. The van der Waals surface area contributed by atoms with E-state index < -0.39 is 0 Å². The molecule has 0 aliphatic carbocycles. The molecule has 3 rings (SSSR count). The maximum Gasteiger partial charge on any atom is 0.253 e. The van der Waals surface area contributed by atoms with Crippen LogP contribution in [0.5, 0.6) is 5.75 Å². The van der Waals surface area contributed by atoms with Gasteiger partial charge in [0.2, 0.25) is 0 Å². The summed E-state index contributed by atoms with van der Waals surface area (Å²) in [6.07, 6.45) is 3.41. The first-order chi connectivity index (χ1) is 13.3. The van der Waals surface area contributed by atoms with E-state index in [0.717, 1.165) is 19.4 Å². The molecule has 150 valence electrons. The fraction of sp³-hybridized carbons (Fsp3) is 0.455. The second-order valence-corrected chi connectivity index (χ2v) is 7.91. The zero-order valence-corrected chi connectivity index (χ0v) is 16.6. The third kappa shape index (κ3) is 5.52. The highest BCUT2D eigenvalue weighted by molar-refractivity contribution is 5.94. The second-order valence-electron chi connectivity index (χ2n) is 7.91. The third-order valence-electron chi connectivity index (χ3n) is 5.07. The van der Waals surface area contributed by atoms with Gasteiger partial charge in [-0.05, 0) is 63.8 Å². The summed E-state index contributed by atoms with van der Waals surface area (Å²) >= 11 is 0. The number of benzene rings is 1. The van der Waals surface area contributed by atoms with Crippen molar-refractivity contribution >= 4 is 5.91 Å². The lowest BCUT2D eigenvalue weighted by atomic mass is 9.84. The van der Waals surface area contributed by atoms with Crippen molar-refractivity contribution in [2.24, 2.45) is 5.92 Å². The van der Waals surface area contributed by atoms with Crippen LogP contribution in [0.4, 0.5) is 4.39 Å². The van der Waals surface area contributed by atoms with Crippen LogP contribution in [-0.2, 0) is 11.3 Å². The summed E-state index contributed by atoms with van der Waals surface area (Å²) in [6.45, 7) is 7.14. The lowest BCUT2D eigenvalue weighted by molar-refractivity contribution is -0.0768. The van der Waals surface area contributed by atoms with Crippen molar-refractivity contribution in [1.82, 2.24) is 10.3 Å². The van der Waals surface area contributed by atoms with Gasteiger partial charge in [0, 0.05) is 24.9 Å². The summed E-state index contributed by atoms with van der Waals surface area (Å²) in [5.74, 6) is 0.345. The Kier molecular flexibility index (Phi) is 6.29. The normalized spacial score (nSPS) is 19.6. The van der Waals surface area contributed by atoms with E-state index in [1.54, 1.807) is 30.5 Å². The van der Waals surface area contributed by atoms with Crippen molar-refractivity contribution in [3.8, 4) is 5.75 Å². The van der Waals surface area contributed by atoms with Gasteiger partial charge in [-0.15, -0.1) is 0 Å². The lowest BCUT2D eigenvalue weighted by Gasteiger charge is -2.38. The zero-order chi connectivity index (χ0) is 20.1. The Morgan fingerprint density at radius 2 is 2.21 bits per heavy atom. The minimum atomic E-state index is -0.348. The van der Waals surface area contributed by atoms with Crippen molar-refractivity contribution in [3.05, 3.63) is 59.7 Å². The van der Waals surface area contributed by atoms with Gasteiger partial charge >= 0.3 is 0 Å². The summed E-state index contributed by atoms with van der Waals surface area (Å²) in [4.78, 5) is 16.8. The molecule has 1 aliphatic rings. The molecular weight excluding hydrogens is 359 g/mol. The summed E-state index contributed by atoms with van der Waals surface area (Å²) in [5, 5.41) is 3.08. The number of ether oxygens (including phenoxy) is 2. The second kappa shape index (κ2) is 8.69. The van der Waals surface area contributed by atoms with E-state index >= 15 is 0 Å². The largest absolute Gasteiger partial charge is 0.487 e. The maximum atomic E-state index is 13.2. The number of carbonyl (C=O) groups is 1. The molecule has 28 heavy (non-hydrogen) atoms. The fourth-order valence-corrected chi connectivity index (χ4v) is 3.47. The minimum Gasteiger partial charge on any atom is -0.487 e. The quantitative estimate of drug-likeness (QED) is 0.811. The molecule has 1 unspecified atom stereocenters. The maximum absolute atomic E-state index is 13.2. The Bertz CT molecular complexity index is 808. The molecule has 1 aromatic heterocycles. The van der Waals surface area contributed by atoms with E-state index in [-0.39, 0.29) is 30.0 Å². The van der Waals surface area contributed by atoms with Crippen LogP contribution in [-0.4, -0.2) is 29.1 Å². The van der Waals surface area contributed by atoms with Gasteiger partial charge in [-0.3, -0.25) is 9.78 Å². The number of rotatable bonds is 6. The van der Waals surface area contributed by atoms with Gasteiger partial charge in [-0.1, -0.05) is 6.07 Å². The van der Waals surface area contributed by atoms with Crippen LogP contribution >= 0.6 is 0 Å². The number of nitrogens with zero attached hydrogens (tertiary/aromatic N) is 1. The topological polar surface area (TPSA) is 60.5 Å². The SMILES string of the molecule is C[C@@H](NC(=O)c1ccc(COc2cccc(F)c2)nc1)C1CCOC(C)(C)C1. The highest BCUT2D eigenvalue weighted by Crippen LogP contribution is 2.30. The minimum absolute atomic E-state index is 0.0617. The van der Waals surface area contributed by atoms with Crippen molar-refractivity contribution in [2.45, 2.75) is 51.9 Å². The van der Waals surface area contributed by atoms with Crippen LogP contribution in [0.2, 0.25) is 0 Å². The summed E-state index contributed by atoms with van der Waals surface area (Å²) in [7, 11) is 0. The average Bonchev–Trinajstić information content (AvgIpc) is 2.66. The Morgan fingerprint density at radius 1 is 1.39 bits per heavy atom. The highest BCUT2D eigenvalue weighted by atomic mass is 19.1. The average molecular weight is 386 g/mol. The van der Waals surface area contributed by atoms with E-state index in [4.69, 9.17) is 9.47 Å². The number of hydrogen-bond acceptors (Lipinski definition) is 4. The Hall–Kier alpha value is -2.47. The zero-order valence-electron chi connectivity index (χ0n) is 16.6. The molecular formula is C22H27FN2O3. The summed E-state index contributed by atoms with van der Waals surface area (Å²) < 4.78 is 24.4. The molecule has 2 atom stereocenters. The van der Waals surface area contributed by atoms with Crippen LogP contribution in [0.3, 0.4) is 0 Å². The van der Waals surface area contributed by atoms with Crippen LogP contribution in [0.1, 0.15) is 49.7 Å². The number of hydrogen-bond donors (Lipinski definition) is 1. The molecule has 2 aromatic rings. The van der Waals surface area contributed by atoms with E-state index in [2.05, 4.69) is 24.1 Å². The highest BCUT2D eigenvalue weighted by Gasteiger charge is 2.32. The lowest BCUT2D eigenvalue weighted by Crippen LogP contribution is -2.44. The molecule has 1 N–H and O–H groups in total. The van der Waals surface area contributed by atoms with Crippen molar-refractivity contribution in [3.63, 3.8) is 0 Å². The molecule has 0 bridgehead atoms. The number of halogens is 1. The Balaban J connectivity index is 1.53. The Morgan fingerprint density at radius 3 is 2.89 bits per heavy atom. The molecule has 1 aliphatic heterocycles. The van der Waals surface area contributed by atoms with E-state index in [1.165, 1.54) is 12.1 Å². The molecule has 1 amide bonds. The number of carbonyl (C=O) groups excluding carboxylic acids is 1. The van der Waals surface area contributed by atoms with Gasteiger partial charge in [0.15, 0.2) is 0 Å². The van der Waals surface area contributed by atoms with Gasteiger partial charge in [0.25, 0.3) is 5.91 Å². The van der Waals surface area contributed by atoms with Gasteiger partial charge in [0.05, 0.1) is 16.9 Å². The number of amides is 1. The number of aromatic nitrogens is 1. The number of nitrogens with one attached hydrogen (secondary N) is 1. The summed E-state index contributed by atoms with van der Waals surface area (Å²) in [6, 6.07) is 9.49. The number of pyridine rings is 1. The molecule has 1 aromatic carbocycles. The standard InChI is InChI=1S/C22H27FN2O3/c1-15(16-9-10-28-22(2,3)12-16)25-21(26)17-7-8-19(24-13-17)14-27-20-6-4-5-18(23)11-20/h4-8,11,13,15-16H,9-10,12,14H2,1-3H3,(H,25,26)/t15-,16?/m1/s1. The molecule has 1 saturated heterocycles. The molecule has 0 saturated carbocycles. The van der Waals surface area contributed by atoms with Gasteiger partial charge < -0.3 is 14.8 Å². The van der Waals surface area contributed by atoms with E-state index in [0.29, 0.717) is 22.9 Å². The molecule has 0 radical (unpaired) electrons. The molecule has 0 spiro atoms. The van der Waals surface area contributed by atoms with Crippen molar-refractivity contribution in [2.75, 3.05) is 6.61 Å². The van der Waals surface area contributed by atoms with Crippen LogP contribution in [0.25, 0.3) is 0 Å². The van der Waals surface area contributed by atoms with E-state index in [9.17, 15) is 9.18 Å². The van der Waals surface area contributed by atoms with Gasteiger partial charge in [-0.25, -0.2) is 4.39 Å². The van der Waals surface area contributed by atoms with Crippen molar-refractivity contribution < 1.29 is 18.7 Å². The van der Waals surface area contributed by atoms with Gasteiger partial charge in [-0.2, -0.15) is 0 Å². The smallest absolute Gasteiger partial charge is 0.253 e. The third-order valence-corrected chi connectivity index (χ3v) is 5.07. The van der Waals surface area contributed by atoms with Crippen LogP contribution < -0.4 is 10.1 Å². The first-order valence-electron chi connectivity index (χ1n) is 9.60. The first kappa shape index (κ1) is 20.3. The monoisotopic (exact) mass is 386 g/mol. The summed E-state index contributed by atoms with van der Waals surface area (Å²) in [5.41, 5.74) is 1.03. The predicted molar refractivity (Wildman–Crippen MR) is 105 cm³/mol. The van der Waals surface area contributed by atoms with Gasteiger partial charge in [0.1, 0.15) is 18.2 Å². The molecule has 5 nitrogen and oxygen atoms in total. The van der Waals surface area contributed by atoms with E-state index in [1.807, 2.05) is 6.92 Å². The van der Waals surface area contributed by atoms with Crippen LogP contribution in [0.15, 0.2) is 42.6 Å². The molecule has 1 fully saturated rings.